The molecule has 4 rings (SSSR count). The van der Waals surface area contributed by atoms with E-state index in [0.29, 0.717) is 11.8 Å². The van der Waals surface area contributed by atoms with E-state index >= 15 is 0 Å². The summed E-state index contributed by atoms with van der Waals surface area (Å²) in [7, 11) is 0. The van der Waals surface area contributed by atoms with Crippen LogP contribution in [0.2, 0.25) is 0 Å². The van der Waals surface area contributed by atoms with Crippen molar-refractivity contribution in [1.82, 2.24) is 0 Å². The molecule has 2 aromatic carbocycles. The van der Waals surface area contributed by atoms with Crippen molar-refractivity contribution in [3.63, 3.8) is 0 Å². The monoisotopic (exact) mass is 256 g/mol. The highest BCUT2D eigenvalue weighted by Gasteiger charge is 2.25. The Labute approximate surface area is 119 Å². The molecule has 0 aliphatic heterocycles. The van der Waals surface area contributed by atoms with Crippen LogP contribution in [0.15, 0.2) is 78.9 Å². The lowest BCUT2D eigenvalue weighted by molar-refractivity contribution is 0.726. The second-order valence-electron chi connectivity index (χ2n) is 5.44. The molecular weight excluding hydrogens is 240 g/mol. The Balaban J connectivity index is 1.66. The predicted octanol–water partition coefficient (Wildman–Crippen LogP) is 5.07. The Hall–Kier alpha value is -2.34. The van der Waals surface area contributed by atoms with Crippen molar-refractivity contribution in [1.29, 1.82) is 0 Å². The molecule has 2 aromatic rings. The van der Waals surface area contributed by atoms with Crippen LogP contribution in [0.3, 0.4) is 0 Å². The molecule has 2 aliphatic rings. The van der Waals surface area contributed by atoms with E-state index in [4.69, 9.17) is 0 Å². The summed E-state index contributed by atoms with van der Waals surface area (Å²) in [5, 5.41) is 0. The van der Waals surface area contributed by atoms with Gasteiger partial charge in [-0.3, -0.25) is 0 Å². The largest absolute Gasteiger partial charge is 0.0761 e. The lowest BCUT2D eigenvalue weighted by Crippen LogP contribution is -2.03. The third-order valence-electron chi connectivity index (χ3n) is 4.23. The maximum Gasteiger partial charge on any atom is 0.0125 e. The van der Waals surface area contributed by atoms with Gasteiger partial charge in [0.1, 0.15) is 0 Å². The fourth-order valence-corrected chi connectivity index (χ4v) is 3.19. The number of allylic oxidation sites excluding steroid dienone is 5. The molecule has 0 fully saturated rings. The van der Waals surface area contributed by atoms with Crippen LogP contribution in [-0.4, -0.2) is 0 Å². The molecular formula is C20H16. The highest BCUT2D eigenvalue weighted by atomic mass is 14.3. The van der Waals surface area contributed by atoms with E-state index < -0.39 is 0 Å². The van der Waals surface area contributed by atoms with Crippen molar-refractivity contribution in [2.45, 2.75) is 5.92 Å². The average Bonchev–Trinajstić information content (AvgIpc) is 3.14. The minimum Gasteiger partial charge on any atom is -0.0761 e. The Morgan fingerprint density at radius 1 is 0.700 bits per heavy atom. The van der Waals surface area contributed by atoms with Gasteiger partial charge in [0.15, 0.2) is 0 Å². The van der Waals surface area contributed by atoms with Crippen LogP contribution in [0.25, 0.3) is 11.6 Å². The van der Waals surface area contributed by atoms with Crippen LogP contribution in [-0.2, 0) is 0 Å². The molecule has 0 bridgehead atoms. The summed E-state index contributed by atoms with van der Waals surface area (Å²) in [5.74, 6) is 0.966. The van der Waals surface area contributed by atoms with Crippen molar-refractivity contribution in [3.8, 4) is 0 Å². The Morgan fingerprint density at radius 2 is 1.50 bits per heavy atom. The first-order chi connectivity index (χ1) is 9.92. The topological polar surface area (TPSA) is 0 Å². The van der Waals surface area contributed by atoms with Gasteiger partial charge in [-0.25, -0.2) is 0 Å². The van der Waals surface area contributed by atoms with E-state index in [1.807, 2.05) is 0 Å². The van der Waals surface area contributed by atoms with E-state index in [0.717, 1.165) is 0 Å². The molecule has 96 valence electrons. The number of hydrogen-bond acceptors (Lipinski definition) is 0. The molecule has 0 amide bonds. The first-order valence-electron chi connectivity index (χ1n) is 7.14. The molecule has 2 aliphatic carbocycles. The van der Waals surface area contributed by atoms with Gasteiger partial charge >= 0.3 is 0 Å². The smallest absolute Gasteiger partial charge is 0.0125 e. The van der Waals surface area contributed by atoms with Crippen molar-refractivity contribution in [3.05, 3.63) is 95.6 Å². The predicted molar refractivity (Wildman–Crippen MR) is 85.3 cm³/mol. The molecule has 0 spiro atoms. The first kappa shape index (κ1) is 11.5. The summed E-state index contributed by atoms with van der Waals surface area (Å²) in [5.41, 5.74) is 5.47. The minimum absolute atomic E-state index is 0.477. The molecule has 2 atom stereocenters. The van der Waals surface area contributed by atoms with E-state index in [1.165, 1.54) is 22.3 Å². The molecule has 20 heavy (non-hydrogen) atoms. The third-order valence-corrected chi connectivity index (χ3v) is 4.23. The molecule has 2 unspecified atom stereocenters. The highest BCUT2D eigenvalue weighted by Crippen LogP contribution is 2.40. The minimum atomic E-state index is 0.477. The summed E-state index contributed by atoms with van der Waals surface area (Å²) >= 11 is 0. The summed E-state index contributed by atoms with van der Waals surface area (Å²) < 4.78 is 0. The zero-order valence-corrected chi connectivity index (χ0v) is 11.2. The van der Waals surface area contributed by atoms with Gasteiger partial charge in [0.05, 0.1) is 0 Å². The molecule has 0 heterocycles. The van der Waals surface area contributed by atoms with Gasteiger partial charge in [-0.2, -0.15) is 0 Å². The quantitative estimate of drug-likeness (QED) is 0.704. The van der Waals surface area contributed by atoms with Crippen molar-refractivity contribution in [2.24, 2.45) is 5.92 Å². The summed E-state index contributed by atoms with van der Waals surface area (Å²) in [6, 6.07) is 19.3. The molecule has 0 radical (unpaired) electrons. The van der Waals surface area contributed by atoms with Gasteiger partial charge in [0.2, 0.25) is 0 Å². The van der Waals surface area contributed by atoms with E-state index in [2.05, 4.69) is 85.0 Å². The van der Waals surface area contributed by atoms with Gasteiger partial charge in [0, 0.05) is 11.8 Å². The van der Waals surface area contributed by atoms with Crippen LogP contribution in [0, 0.1) is 5.92 Å². The summed E-state index contributed by atoms with van der Waals surface area (Å²) in [6.45, 7) is 0. The van der Waals surface area contributed by atoms with E-state index in [-0.39, 0.29) is 0 Å². The summed E-state index contributed by atoms with van der Waals surface area (Å²) in [6.07, 6.45) is 11.6. The summed E-state index contributed by atoms with van der Waals surface area (Å²) in [4.78, 5) is 0. The second kappa shape index (κ2) is 4.64. The standard InChI is InChI=1S/C20H16/c1-2-6-15(7-3-1)17-10-11-18(14-17)20-13-12-16-8-4-5-9-19(16)20/h1-14,18,20H. The van der Waals surface area contributed by atoms with Crippen molar-refractivity contribution >= 4 is 11.6 Å². The van der Waals surface area contributed by atoms with Gasteiger partial charge < -0.3 is 0 Å². The number of hydrogen-bond donors (Lipinski definition) is 0. The lowest BCUT2D eigenvalue weighted by atomic mass is 9.88. The fraction of sp³-hybridized carbons (Fsp3) is 0.100. The van der Waals surface area contributed by atoms with Gasteiger partial charge in [0.25, 0.3) is 0 Å². The Bertz CT molecular complexity index is 717. The van der Waals surface area contributed by atoms with Gasteiger partial charge in [-0.15, -0.1) is 0 Å². The molecule has 0 nitrogen and oxygen atoms in total. The SMILES string of the molecule is C1=CC(C2C=Cc3ccccc32)C=C1c1ccccc1. The molecule has 0 heteroatoms. The van der Waals surface area contributed by atoms with Crippen LogP contribution in [0.4, 0.5) is 0 Å². The van der Waals surface area contributed by atoms with Gasteiger partial charge in [-0.05, 0) is 22.3 Å². The fourth-order valence-electron chi connectivity index (χ4n) is 3.19. The highest BCUT2D eigenvalue weighted by molar-refractivity contribution is 5.77. The maximum atomic E-state index is 2.40. The van der Waals surface area contributed by atoms with Crippen molar-refractivity contribution in [2.75, 3.05) is 0 Å². The Morgan fingerprint density at radius 3 is 2.40 bits per heavy atom. The van der Waals surface area contributed by atoms with Crippen molar-refractivity contribution < 1.29 is 0 Å². The average molecular weight is 256 g/mol. The lowest BCUT2D eigenvalue weighted by Gasteiger charge is -2.15. The number of fused-ring (bicyclic) bond motifs is 1. The normalized spacial score (nSPS) is 22.9. The van der Waals surface area contributed by atoms with Gasteiger partial charge in [-0.1, -0.05) is 85.0 Å². The van der Waals surface area contributed by atoms with E-state index in [9.17, 15) is 0 Å². The zero-order chi connectivity index (χ0) is 13.4. The van der Waals surface area contributed by atoms with Crippen LogP contribution in [0.5, 0.6) is 0 Å². The zero-order valence-electron chi connectivity index (χ0n) is 11.2. The maximum absolute atomic E-state index is 2.40. The first-order valence-corrected chi connectivity index (χ1v) is 7.14. The number of rotatable bonds is 2. The second-order valence-corrected chi connectivity index (χ2v) is 5.44. The molecule has 0 N–H and O–H groups in total. The molecule has 0 saturated heterocycles. The number of benzene rings is 2. The van der Waals surface area contributed by atoms with Crippen LogP contribution >= 0.6 is 0 Å². The molecule has 0 aromatic heterocycles. The van der Waals surface area contributed by atoms with E-state index in [1.54, 1.807) is 0 Å². The molecule has 0 saturated carbocycles. The Kier molecular flexibility index (Phi) is 2.67. The van der Waals surface area contributed by atoms with Crippen LogP contribution < -0.4 is 0 Å². The van der Waals surface area contributed by atoms with Crippen LogP contribution in [0.1, 0.15) is 22.6 Å². The third kappa shape index (κ3) is 1.85.